The highest BCUT2D eigenvalue weighted by Crippen LogP contribution is 2.30. The van der Waals surface area contributed by atoms with Crippen molar-refractivity contribution in [2.75, 3.05) is 9.44 Å². The highest BCUT2D eigenvalue weighted by Gasteiger charge is 2.30. The number of hydrogen-bond donors (Lipinski definition) is 2. The highest BCUT2D eigenvalue weighted by atomic mass is 32.2. The third kappa shape index (κ3) is 5.49. The predicted molar refractivity (Wildman–Crippen MR) is 132 cm³/mol. The number of para-hydroxylation sites is 1. The molecule has 12 heteroatoms. The third-order valence-corrected chi connectivity index (χ3v) is 7.64. The lowest BCUT2D eigenvalue weighted by Crippen LogP contribution is -2.20. The van der Waals surface area contributed by atoms with E-state index in [-0.39, 0.29) is 21.4 Å². The van der Waals surface area contributed by atoms with Gasteiger partial charge in [-0.1, -0.05) is 39.0 Å². The summed E-state index contributed by atoms with van der Waals surface area (Å²) in [5.74, 6) is -0.0672. The fourth-order valence-electron chi connectivity index (χ4n) is 3.23. The molecule has 2 N–H and O–H groups in total. The van der Waals surface area contributed by atoms with Crippen molar-refractivity contribution in [2.24, 2.45) is 0 Å². The number of sulfonamides is 2. The van der Waals surface area contributed by atoms with Crippen LogP contribution < -0.4 is 9.44 Å². The van der Waals surface area contributed by atoms with Crippen LogP contribution in [0.3, 0.4) is 0 Å². The summed E-state index contributed by atoms with van der Waals surface area (Å²) in [5.41, 5.74) is 0.781. The smallest absolute Gasteiger partial charge is 0.265 e. The van der Waals surface area contributed by atoms with Gasteiger partial charge in [-0.05, 0) is 42.5 Å². The normalized spacial score (nSPS) is 12.3. The minimum absolute atomic E-state index is 0.0356. The van der Waals surface area contributed by atoms with Gasteiger partial charge in [-0.2, -0.15) is 5.10 Å². The molecule has 10 nitrogen and oxygen atoms in total. The quantitative estimate of drug-likeness (QED) is 0.386. The molecule has 182 valence electrons. The molecule has 2 aromatic heterocycles. The summed E-state index contributed by atoms with van der Waals surface area (Å²) in [5, 5.41) is 4.54. The van der Waals surface area contributed by atoms with Crippen molar-refractivity contribution in [3.8, 4) is 5.69 Å². The maximum Gasteiger partial charge on any atom is 0.265 e. The lowest BCUT2D eigenvalue weighted by atomic mass is 9.92. The molecular weight excluding hydrogens is 488 g/mol. The molecule has 0 bridgehead atoms. The van der Waals surface area contributed by atoms with Crippen LogP contribution in [0.4, 0.5) is 11.6 Å². The lowest BCUT2D eigenvalue weighted by Gasteiger charge is -2.18. The molecule has 0 radical (unpaired) electrons. The zero-order valence-corrected chi connectivity index (χ0v) is 20.9. The van der Waals surface area contributed by atoms with Gasteiger partial charge in [-0.25, -0.2) is 36.2 Å². The van der Waals surface area contributed by atoms with E-state index in [1.54, 1.807) is 6.07 Å². The van der Waals surface area contributed by atoms with Crippen LogP contribution >= 0.6 is 0 Å². The Balaban J connectivity index is 1.61. The molecule has 0 aliphatic carbocycles. The molecule has 4 rings (SSSR count). The number of hydrogen-bond acceptors (Lipinski definition) is 7. The average molecular weight is 513 g/mol. The van der Waals surface area contributed by atoms with Crippen LogP contribution in [0.5, 0.6) is 0 Å². The summed E-state index contributed by atoms with van der Waals surface area (Å²) in [4.78, 5) is 7.65. The summed E-state index contributed by atoms with van der Waals surface area (Å²) in [7, 11) is -7.97. The molecule has 0 amide bonds. The number of anilines is 2. The van der Waals surface area contributed by atoms with E-state index in [1.165, 1.54) is 47.5 Å². The predicted octanol–water partition coefficient (Wildman–Crippen LogP) is 3.56. The van der Waals surface area contributed by atoms with Crippen LogP contribution in [-0.4, -0.2) is 36.6 Å². The molecule has 0 spiro atoms. The van der Waals surface area contributed by atoms with Gasteiger partial charge in [-0.15, -0.1) is 0 Å². The van der Waals surface area contributed by atoms with Crippen molar-refractivity contribution in [1.82, 2.24) is 19.7 Å². The standard InChI is InChI=1S/C23H24N6O4S2/c1-23(2,3)21-20(16-29(26-21)18-8-5-4-6-9-18)35(32,33)27-17-10-12-19(13-11-17)34(30,31)28-22-24-14-7-15-25-22/h4-16,27H,1-3H3,(H,24,25,28). The Bertz CT molecular complexity index is 1530. The molecule has 0 saturated carbocycles. The Kier molecular flexibility index (Phi) is 6.34. The molecule has 0 saturated heterocycles. The highest BCUT2D eigenvalue weighted by molar-refractivity contribution is 7.93. The molecule has 0 atom stereocenters. The molecule has 35 heavy (non-hydrogen) atoms. The first-order chi connectivity index (χ1) is 16.5. The van der Waals surface area contributed by atoms with Crippen LogP contribution in [0.25, 0.3) is 5.69 Å². The zero-order chi connectivity index (χ0) is 25.3. The first kappa shape index (κ1) is 24.4. The van der Waals surface area contributed by atoms with E-state index in [0.29, 0.717) is 5.69 Å². The SMILES string of the molecule is CC(C)(C)c1nn(-c2ccccc2)cc1S(=O)(=O)Nc1ccc(S(=O)(=O)Nc2ncccn2)cc1. The summed E-state index contributed by atoms with van der Waals surface area (Å²) >= 11 is 0. The van der Waals surface area contributed by atoms with Crippen LogP contribution in [0.2, 0.25) is 0 Å². The van der Waals surface area contributed by atoms with E-state index < -0.39 is 25.5 Å². The summed E-state index contributed by atoms with van der Waals surface area (Å²) < 4.78 is 58.1. The summed E-state index contributed by atoms with van der Waals surface area (Å²) in [6, 6.07) is 16.1. The first-order valence-corrected chi connectivity index (χ1v) is 13.5. The van der Waals surface area contributed by atoms with Crippen molar-refractivity contribution in [2.45, 2.75) is 36.0 Å². The largest absolute Gasteiger partial charge is 0.280 e. The molecule has 2 aromatic carbocycles. The second-order valence-electron chi connectivity index (χ2n) is 8.68. The van der Waals surface area contributed by atoms with Gasteiger partial charge in [0, 0.05) is 23.5 Å². The second-order valence-corrected chi connectivity index (χ2v) is 12.0. The summed E-state index contributed by atoms with van der Waals surface area (Å²) in [6.07, 6.45) is 4.30. The monoisotopic (exact) mass is 512 g/mol. The molecule has 0 fully saturated rings. The van der Waals surface area contributed by atoms with Crippen LogP contribution in [0, 0.1) is 0 Å². The Morgan fingerprint density at radius 2 is 1.40 bits per heavy atom. The fourth-order valence-corrected chi connectivity index (χ4v) is 5.59. The van der Waals surface area contributed by atoms with Crippen LogP contribution in [0.15, 0.2) is 89.0 Å². The van der Waals surface area contributed by atoms with Crippen molar-refractivity contribution in [3.63, 3.8) is 0 Å². The lowest BCUT2D eigenvalue weighted by molar-refractivity contribution is 0.543. The van der Waals surface area contributed by atoms with Crippen LogP contribution in [-0.2, 0) is 25.5 Å². The Labute approximate surface area is 204 Å². The number of nitrogens with zero attached hydrogens (tertiary/aromatic N) is 4. The zero-order valence-electron chi connectivity index (χ0n) is 19.2. The second kappa shape index (κ2) is 9.12. The number of benzene rings is 2. The average Bonchev–Trinajstić information content (AvgIpc) is 3.28. The first-order valence-electron chi connectivity index (χ1n) is 10.5. The van der Waals surface area contributed by atoms with Crippen molar-refractivity contribution in [3.05, 3.63) is 84.9 Å². The molecule has 2 heterocycles. The van der Waals surface area contributed by atoms with E-state index in [4.69, 9.17) is 0 Å². The van der Waals surface area contributed by atoms with Gasteiger partial charge >= 0.3 is 0 Å². The van der Waals surface area contributed by atoms with E-state index in [1.807, 2.05) is 51.1 Å². The van der Waals surface area contributed by atoms with Crippen molar-refractivity contribution < 1.29 is 16.8 Å². The topological polar surface area (TPSA) is 136 Å². The fraction of sp³-hybridized carbons (Fsp3) is 0.174. The van der Waals surface area contributed by atoms with Gasteiger partial charge in [0.15, 0.2) is 0 Å². The van der Waals surface area contributed by atoms with Gasteiger partial charge in [0.1, 0.15) is 4.90 Å². The number of rotatable bonds is 7. The van der Waals surface area contributed by atoms with Crippen molar-refractivity contribution in [1.29, 1.82) is 0 Å². The minimum atomic E-state index is -4.03. The molecular formula is C23H24N6O4S2. The van der Waals surface area contributed by atoms with Gasteiger partial charge in [-0.3, -0.25) is 4.72 Å². The number of nitrogens with one attached hydrogen (secondary N) is 2. The molecule has 0 aliphatic rings. The molecule has 4 aromatic rings. The number of aromatic nitrogens is 4. The van der Waals surface area contributed by atoms with Gasteiger partial charge < -0.3 is 0 Å². The summed E-state index contributed by atoms with van der Waals surface area (Å²) in [6.45, 7) is 5.65. The third-order valence-electron chi connectivity index (χ3n) is 4.91. The Morgan fingerprint density at radius 3 is 2.00 bits per heavy atom. The maximum absolute atomic E-state index is 13.3. The Morgan fingerprint density at radius 1 is 0.771 bits per heavy atom. The minimum Gasteiger partial charge on any atom is -0.280 e. The van der Waals surface area contributed by atoms with E-state index in [0.717, 1.165) is 5.69 Å². The van der Waals surface area contributed by atoms with Gasteiger partial charge in [0.2, 0.25) is 5.95 Å². The maximum atomic E-state index is 13.3. The van der Waals surface area contributed by atoms with Crippen molar-refractivity contribution >= 4 is 31.7 Å². The van der Waals surface area contributed by atoms with E-state index in [9.17, 15) is 16.8 Å². The Hall–Kier alpha value is -3.77. The van der Waals surface area contributed by atoms with Gasteiger partial charge in [0.05, 0.1) is 22.5 Å². The van der Waals surface area contributed by atoms with Crippen LogP contribution in [0.1, 0.15) is 26.5 Å². The van der Waals surface area contributed by atoms with E-state index in [2.05, 4.69) is 24.5 Å². The molecule has 0 unspecified atom stereocenters. The van der Waals surface area contributed by atoms with E-state index >= 15 is 0 Å². The van der Waals surface area contributed by atoms with Gasteiger partial charge in [0.25, 0.3) is 20.0 Å². The molecule has 0 aliphatic heterocycles.